The largest absolute Gasteiger partial charge is 0.312 e. The van der Waals surface area contributed by atoms with Crippen LogP contribution >= 0.6 is 0 Å². The topological polar surface area (TPSA) is 80.3 Å². The number of benzene rings is 1. The van der Waals surface area contributed by atoms with E-state index < -0.39 is 47.4 Å². The first-order valence-corrected chi connectivity index (χ1v) is 11.3. The molecule has 2 rings (SSSR count). The highest BCUT2D eigenvalue weighted by Crippen LogP contribution is 2.28. The Morgan fingerprint density at radius 2 is 1.96 bits per heavy atom. The zero-order valence-corrected chi connectivity index (χ0v) is 15.8. The average Bonchev–Trinajstić information content (AvgIpc) is 2.77. The Hall–Kier alpha value is -0.990. The molecule has 0 amide bonds. The molecule has 0 saturated carbocycles. The van der Waals surface area contributed by atoms with Crippen molar-refractivity contribution in [1.82, 2.24) is 5.32 Å². The number of hydrogen-bond acceptors (Lipinski definition) is 5. The molecule has 0 aliphatic carbocycles. The van der Waals surface area contributed by atoms with Crippen molar-refractivity contribution in [1.29, 1.82) is 0 Å². The van der Waals surface area contributed by atoms with E-state index in [-0.39, 0.29) is 5.75 Å². The molecule has 8 heteroatoms. The molecule has 0 radical (unpaired) electrons. The molecule has 0 unspecified atom stereocenters. The van der Waals surface area contributed by atoms with E-state index in [1.54, 1.807) is 6.92 Å². The van der Waals surface area contributed by atoms with Crippen LogP contribution < -0.4 is 5.32 Å². The second-order valence-electron chi connectivity index (χ2n) is 6.84. The zero-order chi connectivity index (χ0) is 18.1. The third-order valence-corrected chi connectivity index (χ3v) is 8.38. The summed E-state index contributed by atoms with van der Waals surface area (Å²) in [6.45, 7) is 6.26. The molecule has 2 atom stereocenters. The van der Waals surface area contributed by atoms with E-state index in [2.05, 4.69) is 5.32 Å². The standard InChI is InChI=1S/C16H24FNO4S2/c1-11(2)6-7-18-14-9-23(19,20)10-16(14)24(21,22)15-8-12(3)4-5-13(15)17/h4-5,8,11,14,16,18H,6-7,9-10H2,1-3H3/t14-,16-/m0/s1. The minimum absolute atomic E-state index is 0.234. The summed E-state index contributed by atoms with van der Waals surface area (Å²) >= 11 is 0. The maximum absolute atomic E-state index is 14.0. The van der Waals surface area contributed by atoms with Gasteiger partial charge < -0.3 is 5.32 Å². The molecule has 5 nitrogen and oxygen atoms in total. The molecule has 1 aliphatic heterocycles. The Morgan fingerprint density at radius 3 is 2.58 bits per heavy atom. The fourth-order valence-corrected chi connectivity index (χ4v) is 7.73. The third kappa shape index (κ3) is 4.34. The van der Waals surface area contributed by atoms with Crippen LogP contribution in [0.5, 0.6) is 0 Å². The number of hydrogen-bond donors (Lipinski definition) is 1. The lowest BCUT2D eigenvalue weighted by Gasteiger charge is -2.21. The van der Waals surface area contributed by atoms with Gasteiger partial charge in [-0.2, -0.15) is 0 Å². The first-order chi connectivity index (χ1) is 11.0. The Labute approximate surface area is 143 Å². The number of rotatable bonds is 6. The van der Waals surface area contributed by atoms with Gasteiger partial charge in [0, 0.05) is 6.04 Å². The van der Waals surface area contributed by atoms with Crippen LogP contribution in [0, 0.1) is 18.7 Å². The van der Waals surface area contributed by atoms with Crippen molar-refractivity contribution in [2.24, 2.45) is 5.92 Å². The third-order valence-electron chi connectivity index (χ3n) is 4.22. The Morgan fingerprint density at radius 1 is 1.29 bits per heavy atom. The van der Waals surface area contributed by atoms with Gasteiger partial charge in [-0.15, -0.1) is 0 Å². The van der Waals surface area contributed by atoms with Crippen molar-refractivity contribution in [3.63, 3.8) is 0 Å². The maximum atomic E-state index is 14.0. The van der Waals surface area contributed by atoms with Gasteiger partial charge in [0.15, 0.2) is 19.7 Å². The van der Waals surface area contributed by atoms with Crippen molar-refractivity contribution < 1.29 is 21.2 Å². The van der Waals surface area contributed by atoms with Crippen molar-refractivity contribution in [3.05, 3.63) is 29.6 Å². The first-order valence-electron chi connectivity index (χ1n) is 7.97. The number of halogens is 1. The highest BCUT2D eigenvalue weighted by Gasteiger charge is 2.46. The molecule has 1 N–H and O–H groups in total. The molecule has 0 aromatic heterocycles. The SMILES string of the molecule is Cc1ccc(F)c(S(=O)(=O)[C@H]2CS(=O)(=O)C[C@@H]2NCCC(C)C)c1. The maximum Gasteiger partial charge on any atom is 0.186 e. The van der Waals surface area contributed by atoms with E-state index in [0.29, 0.717) is 18.0 Å². The lowest BCUT2D eigenvalue weighted by molar-refractivity contribution is 0.481. The van der Waals surface area contributed by atoms with E-state index in [0.717, 1.165) is 12.5 Å². The Kier molecular flexibility index (Phi) is 5.71. The Balaban J connectivity index is 2.33. The van der Waals surface area contributed by atoms with Crippen LogP contribution in [0.4, 0.5) is 4.39 Å². The van der Waals surface area contributed by atoms with Crippen molar-refractivity contribution >= 4 is 19.7 Å². The summed E-state index contributed by atoms with van der Waals surface area (Å²) in [5.41, 5.74) is 0.611. The predicted molar refractivity (Wildman–Crippen MR) is 92.0 cm³/mol. The van der Waals surface area contributed by atoms with Crippen LogP contribution in [-0.4, -0.2) is 46.2 Å². The van der Waals surface area contributed by atoms with Crippen molar-refractivity contribution in [2.75, 3.05) is 18.1 Å². The van der Waals surface area contributed by atoms with Crippen LogP contribution in [0.1, 0.15) is 25.8 Å². The summed E-state index contributed by atoms with van der Waals surface area (Å²) in [5, 5.41) is 1.89. The number of sulfone groups is 2. The molecule has 1 aliphatic rings. The summed E-state index contributed by atoms with van der Waals surface area (Å²) in [5.74, 6) is -1.13. The quantitative estimate of drug-likeness (QED) is 0.816. The number of aryl methyl sites for hydroxylation is 1. The highest BCUT2D eigenvalue weighted by atomic mass is 32.2. The first kappa shape index (κ1) is 19.3. The summed E-state index contributed by atoms with van der Waals surface area (Å²) in [6, 6.07) is 3.14. The molecule has 1 heterocycles. The van der Waals surface area contributed by atoms with Crippen molar-refractivity contribution in [3.8, 4) is 0 Å². The summed E-state index contributed by atoms with van der Waals surface area (Å²) in [6.07, 6.45) is 0.808. The van der Waals surface area contributed by atoms with Gasteiger partial charge in [0.25, 0.3) is 0 Å². The van der Waals surface area contributed by atoms with E-state index in [1.165, 1.54) is 12.1 Å². The van der Waals surface area contributed by atoms with E-state index in [9.17, 15) is 21.2 Å². The van der Waals surface area contributed by atoms with Gasteiger partial charge in [-0.25, -0.2) is 21.2 Å². The molecule has 0 spiro atoms. The van der Waals surface area contributed by atoms with Gasteiger partial charge in [-0.05, 0) is 43.5 Å². The monoisotopic (exact) mass is 377 g/mol. The van der Waals surface area contributed by atoms with Crippen LogP contribution in [0.15, 0.2) is 23.1 Å². The summed E-state index contributed by atoms with van der Waals surface area (Å²) < 4.78 is 63.7. The lowest BCUT2D eigenvalue weighted by atomic mass is 10.1. The lowest BCUT2D eigenvalue weighted by Crippen LogP contribution is -2.44. The second-order valence-corrected chi connectivity index (χ2v) is 11.1. The molecular formula is C16H24FNO4S2. The number of nitrogens with one attached hydrogen (secondary N) is 1. The Bertz CT molecular complexity index is 803. The van der Waals surface area contributed by atoms with Gasteiger partial charge in [-0.3, -0.25) is 0 Å². The van der Waals surface area contributed by atoms with Gasteiger partial charge in [0.05, 0.1) is 16.8 Å². The minimum atomic E-state index is -4.08. The van der Waals surface area contributed by atoms with Crippen LogP contribution in [0.3, 0.4) is 0 Å². The van der Waals surface area contributed by atoms with Crippen LogP contribution in [-0.2, 0) is 19.7 Å². The van der Waals surface area contributed by atoms with Crippen LogP contribution in [0.25, 0.3) is 0 Å². The molecule has 0 bridgehead atoms. The van der Waals surface area contributed by atoms with Gasteiger partial charge in [0.1, 0.15) is 10.7 Å². The van der Waals surface area contributed by atoms with E-state index >= 15 is 0 Å². The fraction of sp³-hybridized carbons (Fsp3) is 0.625. The van der Waals surface area contributed by atoms with Gasteiger partial charge >= 0.3 is 0 Å². The molecule has 1 fully saturated rings. The van der Waals surface area contributed by atoms with Crippen molar-refractivity contribution in [2.45, 2.75) is 43.4 Å². The molecule has 1 aromatic rings. The van der Waals surface area contributed by atoms with Crippen LogP contribution in [0.2, 0.25) is 0 Å². The van der Waals surface area contributed by atoms with Gasteiger partial charge in [-0.1, -0.05) is 19.9 Å². The second kappa shape index (κ2) is 7.09. The predicted octanol–water partition coefficient (Wildman–Crippen LogP) is 1.71. The zero-order valence-electron chi connectivity index (χ0n) is 14.1. The molecule has 136 valence electrons. The van der Waals surface area contributed by atoms with Gasteiger partial charge in [0.2, 0.25) is 0 Å². The van der Waals surface area contributed by atoms with E-state index in [4.69, 9.17) is 0 Å². The molecular weight excluding hydrogens is 353 g/mol. The molecule has 24 heavy (non-hydrogen) atoms. The fourth-order valence-electron chi connectivity index (χ4n) is 2.86. The molecule has 1 aromatic carbocycles. The minimum Gasteiger partial charge on any atom is -0.312 e. The average molecular weight is 378 g/mol. The summed E-state index contributed by atoms with van der Waals surface area (Å²) in [7, 11) is -7.55. The highest BCUT2D eigenvalue weighted by molar-refractivity contribution is 7.96. The normalized spacial score (nSPS) is 23.7. The summed E-state index contributed by atoms with van der Waals surface area (Å²) in [4.78, 5) is -0.416. The van der Waals surface area contributed by atoms with E-state index in [1.807, 2.05) is 13.8 Å². The smallest absolute Gasteiger partial charge is 0.186 e. The molecule has 1 saturated heterocycles.